The van der Waals surface area contributed by atoms with E-state index >= 15 is 0 Å². The third-order valence-electron chi connectivity index (χ3n) is 6.98. The molecule has 28 heavy (non-hydrogen) atoms. The smallest absolute Gasteiger partial charge is 0.242 e. The van der Waals surface area contributed by atoms with Gasteiger partial charge in [0, 0.05) is 65.3 Å². The van der Waals surface area contributed by atoms with Crippen LogP contribution in [0.15, 0.2) is 18.2 Å². The molecule has 0 spiro atoms. The number of piperazine rings is 1. The maximum atomic E-state index is 13.2. The van der Waals surface area contributed by atoms with Gasteiger partial charge in [0.05, 0.1) is 0 Å². The summed E-state index contributed by atoms with van der Waals surface area (Å²) in [5.41, 5.74) is 3.91. The van der Waals surface area contributed by atoms with Crippen LogP contribution in [0.1, 0.15) is 44.0 Å². The van der Waals surface area contributed by atoms with Crippen molar-refractivity contribution in [1.82, 2.24) is 19.7 Å². The molecule has 5 rings (SSSR count). The number of benzene rings is 1. The molecule has 5 nitrogen and oxygen atoms in total. The number of carbonyl (C=O) groups excluding carboxylic acids is 1. The molecule has 4 atom stereocenters. The summed E-state index contributed by atoms with van der Waals surface area (Å²) in [4.78, 5) is 17.8. The molecule has 2 saturated heterocycles. The number of hydrogen-bond donors (Lipinski definition) is 1. The van der Waals surface area contributed by atoms with Crippen molar-refractivity contribution in [2.75, 3.05) is 20.1 Å². The van der Waals surface area contributed by atoms with Crippen molar-refractivity contribution in [3.63, 3.8) is 0 Å². The van der Waals surface area contributed by atoms with Crippen molar-refractivity contribution < 1.29 is 4.79 Å². The zero-order valence-corrected chi connectivity index (χ0v) is 17.7. The fraction of sp³-hybridized carbons (Fsp3) is 0.591. The van der Waals surface area contributed by atoms with Crippen molar-refractivity contribution in [3.8, 4) is 0 Å². The summed E-state index contributed by atoms with van der Waals surface area (Å²) in [5, 5.41) is 5.51. The van der Waals surface area contributed by atoms with Gasteiger partial charge < -0.3 is 14.8 Å². The molecule has 2 bridgehead atoms. The minimum Gasteiger partial charge on any atom is -0.338 e. The first-order chi connectivity index (χ1) is 13.4. The second-order valence-corrected chi connectivity index (χ2v) is 9.43. The van der Waals surface area contributed by atoms with Gasteiger partial charge in [-0.15, -0.1) is 0 Å². The average Bonchev–Trinajstić information content (AvgIpc) is 3.05. The second kappa shape index (κ2) is 6.75. The standard InChI is InChI=1S/C22H29ClN4O/c1-13-10-26(11-14(2)24-13)21(28)12-27-18-6-4-15(23)8-17(18)22-19-7-5-16(25(19)3)9-20(22)27/h4,6,8,13-14,16,19,24H,5,7,9-12H2,1-3H3. The highest BCUT2D eigenvalue weighted by atomic mass is 35.5. The van der Waals surface area contributed by atoms with Gasteiger partial charge in [0.2, 0.25) is 5.91 Å². The molecule has 0 saturated carbocycles. The van der Waals surface area contributed by atoms with Gasteiger partial charge in [-0.25, -0.2) is 0 Å². The van der Waals surface area contributed by atoms with Gasteiger partial charge in [0.15, 0.2) is 0 Å². The molecular weight excluding hydrogens is 372 g/mol. The van der Waals surface area contributed by atoms with Gasteiger partial charge in [0.1, 0.15) is 6.54 Å². The molecule has 1 aromatic carbocycles. The van der Waals surface area contributed by atoms with Crippen LogP contribution >= 0.6 is 11.6 Å². The Hall–Kier alpha value is -1.56. The minimum absolute atomic E-state index is 0.223. The number of halogens is 1. The highest BCUT2D eigenvalue weighted by Gasteiger charge is 2.41. The average molecular weight is 401 g/mol. The van der Waals surface area contributed by atoms with E-state index in [9.17, 15) is 4.79 Å². The SMILES string of the molecule is CC1CN(C(=O)Cn2c3c(c4cc(Cl)ccc42)C2CCC(C3)N2C)CC(C)N1. The first-order valence-corrected chi connectivity index (χ1v) is 10.9. The summed E-state index contributed by atoms with van der Waals surface area (Å²) in [6, 6.07) is 7.86. The summed E-state index contributed by atoms with van der Waals surface area (Å²) >= 11 is 6.36. The largest absolute Gasteiger partial charge is 0.338 e. The molecular formula is C22H29ClN4O. The van der Waals surface area contributed by atoms with Crippen molar-refractivity contribution >= 4 is 28.4 Å². The molecule has 150 valence electrons. The van der Waals surface area contributed by atoms with Crippen LogP contribution in [0.25, 0.3) is 10.9 Å². The molecule has 1 aromatic heterocycles. The van der Waals surface area contributed by atoms with Gasteiger partial charge >= 0.3 is 0 Å². The molecule has 4 unspecified atom stereocenters. The molecule has 4 heterocycles. The lowest BCUT2D eigenvalue weighted by atomic mass is 9.97. The highest BCUT2D eigenvalue weighted by Crippen LogP contribution is 2.47. The predicted octanol–water partition coefficient (Wildman–Crippen LogP) is 3.19. The molecule has 1 N–H and O–H groups in total. The number of nitrogens with one attached hydrogen (secondary N) is 1. The van der Waals surface area contributed by atoms with Gasteiger partial charge in [0.25, 0.3) is 0 Å². The van der Waals surface area contributed by atoms with Crippen molar-refractivity contribution in [2.45, 2.75) is 63.8 Å². The number of fused-ring (bicyclic) bond motifs is 6. The topological polar surface area (TPSA) is 40.5 Å². The summed E-state index contributed by atoms with van der Waals surface area (Å²) in [6.45, 7) is 6.29. The first-order valence-electron chi connectivity index (χ1n) is 10.5. The zero-order valence-electron chi connectivity index (χ0n) is 16.9. The van der Waals surface area contributed by atoms with E-state index in [4.69, 9.17) is 11.6 Å². The lowest BCUT2D eigenvalue weighted by molar-refractivity contribution is -0.133. The Morgan fingerprint density at radius 3 is 2.71 bits per heavy atom. The fourth-order valence-corrected chi connectivity index (χ4v) is 5.95. The summed E-state index contributed by atoms with van der Waals surface area (Å²) in [6.07, 6.45) is 3.45. The van der Waals surface area contributed by atoms with Gasteiger partial charge in [-0.2, -0.15) is 0 Å². The molecule has 2 fully saturated rings. The summed E-state index contributed by atoms with van der Waals surface area (Å²) < 4.78 is 2.29. The quantitative estimate of drug-likeness (QED) is 0.841. The Balaban J connectivity index is 1.55. The first kappa shape index (κ1) is 18.5. The fourth-order valence-electron chi connectivity index (χ4n) is 5.77. The Labute approximate surface area is 171 Å². The van der Waals surface area contributed by atoms with Crippen molar-refractivity contribution in [2.24, 2.45) is 0 Å². The van der Waals surface area contributed by atoms with E-state index in [0.717, 1.165) is 30.0 Å². The van der Waals surface area contributed by atoms with Crippen molar-refractivity contribution in [1.29, 1.82) is 0 Å². The van der Waals surface area contributed by atoms with Crippen LogP contribution in [-0.2, 0) is 17.8 Å². The van der Waals surface area contributed by atoms with Crippen molar-refractivity contribution in [3.05, 3.63) is 34.5 Å². The molecule has 3 aliphatic rings. The normalized spacial score (nSPS) is 30.1. The van der Waals surface area contributed by atoms with E-state index in [0.29, 0.717) is 30.7 Å². The number of hydrogen-bond acceptors (Lipinski definition) is 3. The predicted molar refractivity (Wildman–Crippen MR) is 113 cm³/mol. The lowest BCUT2D eigenvalue weighted by Gasteiger charge is -2.36. The Bertz CT molecular complexity index is 928. The third-order valence-corrected chi connectivity index (χ3v) is 7.22. The maximum absolute atomic E-state index is 13.2. The number of nitrogens with zero attached hydrogens (tertiary/aromatic N) is 3. The highest BCUT2D eigenvalue weighted by molar-refractivity contribution is 6.31. The van der Waals surface area contributed by atoms with Crippen LogP contribution < -0.4 is 5.32 Å². The molecule has 0 aliphatic carbocycles. The van der Waals surface area contributed by atoms with Crippen LogP contribution in [-0.4, -0.2) is 58.5 Å². The monoisotopic (exact) mass is 400 g/mol. The Morgan fingerprint density at radius 2 is 1.96 bits per heavy atom. The molecule has 3 aliphatic heterocycles. The van der Waals surface area contributed by atoms with Crippen LogP contribution in [0, 0.1) is 0 Å². The summed E-state index contributed by atoms with van der Waals surface area (Å²) in [5.74, 6) is 0.223. The third kappa shape index (κ3) is 2.87. The number of amides is 1. The van der Waals surface area contributed by atoms with Gasteiger partial charge in [-0.3, -0.25) is 9.69 Å². The Morgan fingerprint density at radius 1 is 1.21 bits per heavy atom. The van der Waals surface area contributed by atoms with Crippen LogP contribution in [0.5, 0.6) is 0 Å². The number of carbonyl (C=O) groups is 1. The number of likely N-dealkylation sites (N-methyl/N-ethyl adjacent to an activating group) is 1. The van der Waals surface area contributed by atoms with E-state index in [1.165, 1.54) is 29.5 Å². The lowest BCUT2D eigenvalue weighted by Crippen LogP contribution is -2.56. The number of aromatic nitrogens is 1. The number of rotatable bonds is 2. The minimum atomic E-state index is 0.223. The Kier molecular flexibility index (Phi) is 4.45. The van der Waals surface area contributed by atoms with Gasteiger partial charge in [-0.1, -0.05) is 11.6 Å². The maximum Gasteiger partial charge on any atom is 0.242 e. The summed E-state index contributed by atoms with van der Waals surface area (Å²) in [7, 11) is 2.24. The molecule has 6 heteroatoms. The van der Waals surface area contributed by atoms with Crippen LogP contribution in [0.2, 0.25) is 5.02 Å². The van der Waals surface area contributed by atoms with Gasteiger partial charge in [-0.05, 0) is 57.5 Å². The molecule has 0 radical (unpaired) electrons. The van der Waals surface area contributed by atoms with E-state index in [1.807, 2.05) is 11.0 Å². The van der Waals surface area contributed by atoms with E-state index < -0.39 is 0 Å². The molecule has 1 amide bonds. The van der Waals surface area contributed by atoms with E-state index in [2.05, 4.69) is 47.8 Å². The van der Waals surface area contributed by atoms with E-state index in [-0.39, 0.29) is 5.91 Å². The second-order valence-electron chi connectivity index (χ2n) is 8.99. The van der Waals surface area contributed by atoms with Crippen LogP contribution in [0.4, 0.5) is 0 Å². The van der Waals surface area contributed by atoms with E-state index in [1.54, 1.807) is 0 Å². The van der Waals surface area contributed by atoms with Crippen LogP contribution in [0.3, 0.4) is 0 Å². The molecule has 2 aromatic rings. The zero-order chi connectivity index (χ0) is 19.6.